The van der Waals surface area contributed by atoms with E-state index in [0.29, 0.717) is 37.0 Å². The third-order valence-electron chi connectivity index (χ3n) is 4.83. The van der Waals surface area contributed by atoms with E-state index < -0.39 is 46.8 Å². The molecule has 0 atom stereocenters. The van der Waals surface area contributed by atoms with Gasteiger partial charge < -0.3 is 15.0 Å². The van der Waals surface area contributed by atoms with Crippen molar-refractivity contribution >= 4 is 23.0 Å². The minimum atomic E-state index is -4.84. The largest absolute Gasteiger partial charge is 0.482 e. The molecule has 1 heterocycles. The van der Waals surface area contributed by atoms with Gasteiger partial charge in [0.1, 0.15) is 11.4 Å². The number of rotatable bonds is 6. The molecule has 0 saturated carbocycles. The lowest BCUT2D eigenvalue weighted by molar-refractivity contribution is -0.384. The quantitative estimate of drug-likeness (QED) is 0.342. The van der Waals surface area contributed by atoms with Gasteiger partial charge in [0.05, 0.1) is 16.2 Å². The fourth-order valence-corrected chi connectivity index (χ4v) is 3.32. The van der Waals surface area contributed by atoms with Crippen LogP contribution in [0.25, 0.3) is 0 Å². The van der Waals surface area contributed by atoms with Crippen LogP contribution in [0.4, 0.5) is 43.4 Å². The molecule has 1 amide bonds. The maximum Gasteiger partial charge on any atom is 0.422 e. The summed E-state index contributed by atoms with van der Waals surface area (Å²) in [5.41, 5.74) is -2.23. The van der Waals surface area contributed by atoms with Crippen LogP contribution >= 0.6 is 0 Å². The first kappa shape index (κ1) is 24.1. The molecule has 2 aromatic carbocycles. The zero-order valence-corrected chi connectivity index (χ0v) is 16.8. The first-order valence-electron chi connectivity index (χ1n) is 9.61. The number of ether oxygens (including phenoxy) is 1. The topological polar surface area (TPSA) is 84.7 Å². The van der Waals surface area contributed by atoms with Crippen molar-refractivity contribution < 1.29 is 40.8 Å². The number of hydrogen-bond acceptors (Lipinski definition) is 5. The first-order chi connectivity index (χ1) is 15.3. The van der Waals surface area contributed by atoms with Crippen LogP contribution in [-0.2, 0) is 6.18 Å². The number of carbonyl (C=O) groups excluding carboxylic acids is 1. The van der Waals surface area contributed by atoms with E-state index >= 15 is 0 Å². The maximum atomic E-state index is 13.1. The molecule has 13 heteroatoms. The van der Waals surface area contributed by atoms with Crippen molar-refractivity contribution in [1.82, 2.24) is 0 Å². The molecular formula is C20H17F6N3O4. The highest BCUT2D eigenvalue weighted by molar-refractivity contribution is 6.06. The minimum absolute atomic E-state index is 0.260. The summed E-state index contributed by atoms with van der Waals surface area (Å²) in [4.78, 5) is 25.2. The number of nitrogens with one attached hydrogen (secondary N) is 1. The van der Waals surface area contributed by atoms with Gasteiger partial charge in [-0.15, -0.1) is 0 Å². The monoisotopic (exact) mass is 477 g/mol. The van der Waals surface area contributed by atoms with Gasteiger partial charge in [-0.2, -0.15) is 26.3 Å². The summed E-state index contributed by atoms with van der Waals surface area (Å²) in [6, 6.07) is 5.16. The van der Waals surface area contributed by atoms with Gasteiger partial charge in [0.25, 0.3) is 11.6 Å². The van der Waals surface area contributed by atoms with Crippen molar-refractivity contribution in [3.05, 3.63) is 57.6 Å². The van der Waals surface area contributed by atoms with Crippen LogP contribution in [0.2, 0.25) is 0 Å². The lowest BCUT2D eigenvalue weighted by Crippen LogP contribution is -2.21. The van der Waals surface area contributed by atoms with Crippen LogP contribution in [-0.4, -0.2) is 36.7 Å². The predicted molar refractivity (Wildman–Crippen MR) is 105 cm³/mol. The van der Waals surface area contributed by atoms with E-state index in [0.717, 1.165) is 18.9 Å². The highest BCUT2D eigenvalue weighted by Gasteiger charge is 2.33. The normalized spacial score (nSPS) is 14.3. The smallest absolute Gasteiger partial charge is 0.422 e. The zero-order valence-electron chi connectivity index (χ0n) is 16.8. The van der Waals surface area contributed by atoms with Crippen LogP contribution in [0.15, 0.2) is 36.4 Å². The summed E-state index contributed by atoms with van der Waals surface area (Å²) in [6.45, 7) is -0.607. The van der Waals surface area contributed by atoms with Crippen molar-refractivity contribution in [3.63, 3.8) is 0 Å². The average molecular weight is 477 g/mol. The third kappa shape index (κ3) is 6.05. The average Bonchev–Trinajstić information content (AvgIpc) is 3.25. The highest BCUT2D eigenvalue weighted by atomic mass is 19.4. The molecule has 0 aliphatic carbocycles. The number of nitrogens with zero attached hydrogens (tertiary/aromatic N) is 2. The highest BCUT2D eigenvalue weighted by Crippen LogP contribution is 2.36. The fraction of sp³-hybridized carbons (Fsp3) is 0.350. The second kappa shape index (κ2) is 9.16. The Balaban J connectivity index is 1.92. The summed E-state index contributed by atoms with van der Waals surface area (Å²) in [7, 11) is 0. The lowest BCUT2D eigenvalue weighted by Gasteiger charge is -2.18. The zero-order chi connectivity index (χ0) is 24.4. The molecule has 0 aromatic heterocycles. The number of nitro benzene ring substituents is 1. The standard InChI is InChI=1S/C20H17F6N3O4/c21-19(22,23)11-33-17-6-4-13(20(24,25)26)10-14(17)27-18(30)12-3-5-15(16(9-12)29(31)32)28-7-1-2-8-28/h3-6,9-10H,1-2,7-8,11H2,(H,27,30). The molecule has 0 bridgehead atoms. The van der Waals surface area contributed by atoms with Crippen molar-refractivity contribution in [2.24, 2.45) is 0 Å². The lowest BCUT2D eigenvalue weighted by atomic mass is 10.1. The second-order valence-corrected chi connectivity index (χ2v) is 7.22. The summed E-state index contributed by atoms with van der Waals surface area (Å²) in [5.74, 6) is -1.70. The van der Waals surface area contributed by atoms with Crippen molar-refractivity contribution in [3.8, 4) is 5.75 Å². The number of amides is 1. The van der Waals surface area contributed by atoms with E-state index in [9.17, 15) is 41.3 Å². The van der Waals surface area contributed by atoms with Gasteiger partial charge in [-0.05, 0) is 43.2 Å². The molecule has 7 nitrogen and oxygen atoms in total. The molecule has 33 heavy (non-hydrogen) atoms. The number of nitro groups is 1. The molecule has 178 valence electrons. The number of benzene rings is 2. The van der Waals surface area contributed by atoms with Gasteiger partial charge in [-0.25, -0.2) is 0 Å². The number of anilines is 2. The molecule has 0 radical (unpaired) electrons. The van der Waals surface area contributed by atoms with Gasteiger partial charge in [0.2, 0.25) is 0 Å². The van der Waals surface area contributed by atoms with Crippen LogP contribution in [0.1, 0.15) is 28.8 Å². The Kier molecular flexibility index (Phi) is 6.70. The van der Waals surface area contributed by atoms with E-state index in [1.807, 2.05) is 0 Å². The Hall–Kier alpha value is -3.51. The van der Waals surface area contributed by atoms with Crippen LogP contribution < -0.4 is 15.0 Å². The van der Waals surface area contributed by atoms with Gasteiger partial charge in [0.15, 0.2) is 6.61 Å². The van der Waals surface area contributed by atoms with Gasteiger partial charge in [-0.1, -0.05) is 0 Å². The van der Waals surface area contributed by atoms with E-state index in [1.54, 1.807) is 4.90 Å². The van der Waals surface area contributed by atoms with Gasteiger partial charge in [-0.3, -0.25) is 14.9 Å². The molecule has 2 aromatic rings. The Morgan fingerprint density at radius 2 is 1.73 bits per heavy atom. The molecule has 1 aliphatic heterocycles. The van der Waals surface area contributed by atoms with Gasteiger partial charge >= 0.3 is 12.4 Å². The number of halogens is 6. The summed E-state index contributed by atoms with van der Waals surface area (Å²) >= 11 is 0. The summed E-state index contributed by atoms with van der Waals surface area (Å²) in [5, 5.41) is 13.6. The number of alkyl halides is 6. The van der Waals surface area contributed by atoms with Crippen molar-refractivity contribution in [1.29, 1.82) is 0 Å². The molecular weight excluding hydrogens is 460 g/mol. The second-order valence-electron chi connectivity index (χ2n) is 7.22. The Morgan fingerprint density at radius 3 is 2.30 bits per heavy atom. The minimum Gasteiger partial charge on any atom is -0.482 e. The Bertz CT molecular complexity index is 1050. The van der Waals surface area contributed by atoms with E-state index in [-0.39, 0.29) is 11.3 Å². The van der Waals surface area contributed by atoms with Gasteiger partial charge in [0, 0.05) is 24.7 Å². The maximum absolute atomic E-state index is 13.1. The molecule has 0 spiro atoms. The first-order valence-corrected chi connectivity index (χ1v) is 9.61. The Labute approximate surface area is 183 Å². The molecule has 1 aliphatic rings. The molecule has 3 rings (SSSR count). The number of carbonyl (C=O) groups is 1. The molecule has 0 unspecified atom stereocenters. The predicted octanol–water partition coefficient (Wildman–Crippen LogP) is 5.41. The van der Waals surface area contributed by atoms with Crippen molar-refractivity contribution in [2.75, 3.05) is 29.9 Å². The molecule has 1 saturated heterocycles. The van der Waals surface area contributed by atoms with Crippen LogP contribution in [0.3, 0.4) is 0 Å². The molecule has 1 N–H and O–H groups in total. The van der Waals surface area contributed by atoms with E-state index in [1.165, 1.54) is 12.1 Å². The fourth-order valence-electron chi connectivity index (χ4n) is 3.32. The van der Waals surface area contributed by atoms with Crippen LogP contribution in [0, 0.1) is 10.1 Å². The van der Waals surface area contributed by atoms with Crippen molar-refractivity contribution in [2.45, 2.75) is 25.2 Å². The summed E-state index contributed by atoms with van der Waals surface area (Å²) < 4.78 is 81.2. The van der Waals surface area contributed by atoms with E-state index in [4.69, 9.17) is 0 Å². The number of hydrogen-bond donors (Lipinski definition) is 1. The SMILES string of the molecule is O=C(Nc1cc(C(F)(F)F)ccc1OCC(F)(F)F)c1ccc(N2CCCC2)c([N+](=O)[O-])c1. The Morgan fingerprint density at radius 1 is 1.06 bits per heavy atom. The molecule has 1 fully saturated rings. The third-order valence-corrected chi connectivity index (χ3v) is 4.83. The summed E-state index contributed by atoms with van der Waals surface area (Å²) in [6.07, 6.45) is -7.92. The van der Waals surface area contributed by atoms with Crippen LogP contribution in [0.5, 0.6) is 5.75 Å². The van der Waals surface area contributed by atoms with E-state index in [2.05, 4.69) is 10.1 Å².